The molecule has 1 aromatic carbocycles. The molecule has 0 bridgehead atoms. The molecule has 7 heteroatoms. The SMILES string of the molecule is CCOc1ccccc1CN1CCNC(=O)C1CC(=O)NCc1ccc(C)o1. The monoisotopic (exact) mass is 385 g/mol. The van der Waals surface area contributed by atoms with Crippen molar-refractivity contribution in [3.8, 4) is 5.75 Å². The predicted octanol–water partition coefficient (Wildman–Crippen LogP) is 1.99. The van der Waals surface area contributed by atoms with Crippen LogP contribution in [0.15, 0.2) is 40.8 Å². The second-order valence-electron chi connectivity index (χ2n) is 6.81. The summed E-state index contributed by atoms with van der Waals surface area (Å²) < 4.78 is 11.2. The number of carbonyl (C=O) groups excluding carboxylic acids is 2. The molecule has 1 saturated heterocycles. The van der Waals surface area contributed by atoms with Crippen LogP contribution in [0.5, 0.6) is 5.75 Å². The van der Waals surface area contributed by atoms with E-state index in [2.05, 4.69) is 10.6 Å². The number of rotatable bonds is 8. The Hall–Kier alpha value is -2.80. The summed E-state index contributed by atoms with van der Waals surface area (Å²) in [5.41, 5.74) is 1.01. The largest absolute Gasteiger partial charge is 0.494 e. The number of benzene rings is 1. The Morgan fingerprint density at radius 2 is 2.14 bits per heavy atom. The molecule has 1 aromatic heterocycles. The summed E-state index contributed by atoms with van der Waals surface area (Å²) in [7, 11) is 0. The highest BCUT2D eigenvalue weighted by molar-refractivity contribution is 5.88. The number of furan rings is 1. The van der Waals surface area contributed by atoms with Crippen LogP contribution >= 0.6 is 0 Å². The lowest BCUT2D eigenvalue weighted by Gasteiger charge is -2.35. The van der Waals surface area contributed by atoms with Gasteiger partial charge in [0.1, 0.15) is 17.3 Å². The third-order valence-electron chi connectivity index (χ3n) is 4.72. The average molecular weight is 385 g/mol. The van der Waals surface area contributed by atoms with E-state index in [0.717, 1.165) is 17.1 Å². The molecular formula is C21H27N3O4. The first-order valence-corrected chi connectivity index (χ1v) is 9.61. The molecule has 1 aliphatic rings. The minimum atomic E-state index is -0.512. The maximum absolute atomic E-state index is 12.4. The topological polar surface area (TPSA) is 83.8 Å². The summed E-state index contributed by atoms with van der Waals surface area (Å²) in [6, 6.07) is 11.0. The van der Waals surface area contributed by atoms with Crippen LogP contribution in [0, 0.1) is 6.92 Å². The molecule has 0 aliphatic carbocycles. The van der Waals surface area contributed by atoms with Crippen LogP contribution < -0.4 is 15.4 Å². The van der Waals surface area contributed by atoms with Crippen LogP contribution in [-0.4, -0.2) is 42.5 Å². The summed E-state index contributed by atoms with van der Waals surface area (Å²) in [5, 5.41) is 5.69. The first kappa shape index (κ1) is 19.9. The van der Waals surface area contributed by atoms with Gasteiger partial charge < -0.3 is 19.8 Å². The number of nitrogens with zero attached hydrogens (tertiary/aromatic N) is 1. The molecule has 2 amide bonds. The highest BCUT2D eigenvalue weighted by Crippen LogP contribution is 2.22. The van der Waals surface area contributed by atoms with Crippen molar-refractivity contribution in [3.05, 3.63) is 53.5 Å². The van der Waals surface area contributed by atoms with Gasteiger partial charge in [-0.05, 0) is 32.0 Å². The number of piperazine rings is 1. The number of aryl methyl sites for hydroxylation is 1. The maximum Gasteiger partial charge on any atom is 0.237 e. The zero-order chi connectivity index (χ0) is 19.9. The molecule has 0 spiro atoms. The standard InChI is InChI=1S/C21H27N3O4/c1-3-27-19-7-5-4-6-16(19)14-24-11-10-22-21(26)18(24)12-20(25)23-13-17-9-8-15(2)28-17/h4-9,18H,3,10-14H2,1-2H3,(H,22,26)(H,23,25). The fraction of sp³-hybridized carbons (Fsp3) is 0.429. The molecule has 1 unspecified atom stereocenters. The zero-order valence-electron chi connectivity index (χ0n) is 16.4. The van der Waals surface area contributed by atoms with Crippen LogP contribution in [0.2, 0.25) is 0 Å². The molecule has 2 heterocycles. The molecule has 2 aromatic rings. The number of para-hydroxylation sites is 1. The Morgan fingerprint density at radius 1 is 1.32 bits per heavy atom. The summed E-state index contributed by atoms with van der Waals surface area (Å²) in [6.07, 6.45) is 0.0995. The Bertz CT molecular complexity index is 817. The van der Waals surface area contributed by atoms with Crippen LogP contribution in [0.4, 0.5) is 0 Å². The third kappa shape index (κ3) is 5.13. The van der Waals surface area contributed by atoms with Gasteiger partial charge in [0.15, 0.2) is 0 Å². The number of hydrogen-bond donors (Lipinski definition) is 2. The van der Waals surface area contributed by atoms with Gasteiger partial charge in [0.05, 0.1) is 25.6 Å². The van der Waals surface area contributed by atoms with E-state index in [1.807, 2.05) is 55.1 Å². The molecule has 7 nitrogen and oxygen atoms in total. The van der Waals surface area contributed by atoms with E-state index in [9.17, 15) is 9.59 Å². The lowest BCUT2D eigenvalue weighted by atomic mass is 10.1. The van der Waals surface area contributed by atoms with Gasteiger partial charge in [-0.3, -0.25) is 14.5 Å². The molecule has 150 valence electrons. The smallest absolute Gasteiger partial charge is 0.237 e. The van der Waals surface area contributed by atoms with E-state index in [0.29, 0.717) is 38.5 Å². The Labute approximate surface area is 165 Å². The molecule has 0 radical (unpaired) electrons. The van der Waals surface area contributed by atoms with Crippen molar-refractivity contribution in [1.29, 1.82) is 0 Å². The Kier molecular flexibility index (Phi) is 6.71. The number of ether oxygens (including phenoxy) is 1. The van der Waals surface area contributed by atoms with Crippen molar-refractivity contribution in [2.45, 2.75) is 39.4 Å². The van der Waals surface area contributed by atoms with Gasteiger partial charge in [0.25, 0.3) is 0 Å². The van der Waals surface area contributed by atoms with Crippen molar-refractivity contribution < 1.29 is 18.7 Å². The molecule has 28 heavy (non-hydrogen) atoms. The van der Waals surface area contributed by atoms with Crippen LogP contribution in [0.3, 0.4) is 0 Å². The van der Waals surface area contributed by atoms with Crippen molar-refractivity contribution in [3.63, 3.8) is 0 Å². The van der Waals surface area contributed by atoms with Gasteiger partial charge in [-0.2, -0.15) is 0 Å². The second-order valence-corrected chi connectivity index (χ2v) is 6.81. The Morgan fingerprint density at radius 3 is 2.89 bits per heavy atom. The van der Waals surface area contributed by atoms with E-state index in [4.69, 9.17) is 9.15 Å². The van der Waals surface area contributed by atoms with E-state index in [-0.39, 0.29) is 18.2 Å². The van der Waals surface area contributed by atoms with Crippen molar-refractivity contribution in [2.24, 2.45) is 0 Å². The Balaban J connectivity index is 1.63. The zero-order valence-corrected chi connectivity index (χ0v) is 16.4. The third-order valence-corrected chi connectivity index (χ3v) is 4.72. The summed E-state index contributed by atoms with van der Waals surface area (Å²) in [6.45, 7) is 6.50. The van der Waals surface area contributed by atoms with E-state index >= 15 is 0 Å². The lowest BCUT2D eigenvalue weighted by molar-refractivity contribution is -0.134. The van der Waals surface area contributed by atoms with Gasteiger partial charge >= 0.3 is 0 Å². The van der Waals surface area contributed by atoms with Crippen LogP contribution in [-0.2, 0) is 22.7 Å². The van der Waals surface area contributed by atoms with E-state index < -0.39 is 6.04 Å². The molecule has 0 saturated carbocycles. The van der Waals surface area contributed by atoms with Gasteiger partial charge in [0.2, 0.25) is 11.8 Å². The maximum atomic E-state index is 12.4. The minimum absolute atomic E-state index is 0.0995. The van der Waals surface area contributed by atoms with Crippen molar-refractivity contribution in [1.82, 2.24) is 15.5 Å². The first-order chi connectivity index (χ1) is 13.6. The van der Waals surface area contributed by atoms with E-state index in [1.54, 1.807) is 0 Å². The summed E-state index contributed by atoms with van der Waals surface area (Å²) in [5.74, 6) is 2.01. The predicted molar refractivity (Wildman–Crippen MR) is 105 cm³/mol. The molecule has 1 aliphatic heterocycles. The fourth-order valence-corrected chi connectivity index (χ4v) is 3.34. The van der Waals surface area contributed by atoms with Crippen LogP contribution in [0.1, 0.15) is 30.4 Å². The summed E-state index contributed by atoms with van der Waals surface area (Å²) >= 11 is 0. The van der Waals surface area contributed by atoms with Crippen molar-refractivity contribution >= 4 is 11.8 Å². The lowest BCUT2D eigenvalue weighted by Crippen LogP contribution is -2.56. The molecule has 1 atom stereocenters. The number of carbonyl (C=O) groups is 2. The highest BCUT2D eigenvalue weighted by Gasteiger charge is 2.32. The number of nitrogens with one attached hydrogen (secondary N) is 2. The van der Waals surface area contributed by atoms with Crippen LogP contribution in [0.25, 0.3) is 0 Å². The van der Waals surface area contributed by atoms with Gasteiger partial charge in [-0.25, -0.2) is 0 Å². The van der Waals surface area contributed by atoms with Gasteiger partial charge in [0, 0.05) is 25.2 Å². The average Bonchev–Trinajstić information content (AvgIpc) is 3.10. The van der Waals surface area contributed by atoms with Gasteiger partial charge in [-0.1, -0.05) is 18.2 Å². The number of amides is 2. The molecular weight excluding hydrogens is 358 g/mol. The number of hydrogen-bond acceptors (Lipinski definition) is 5. The fourth-order valence-electron chi connectivity index (χ4n) is 3.34. The van der Waals surface area contributed by atoms with Gasteiger partial charge in [-0.15, -0.1) is 0 Å². The molecule has 2 N–H and O–H groups in total. The highest BCUT2D eigenvalue weighted by atomic mass is 16.5. The molecule has 1 fully saturated rings. The quantitative estimate of drug-likeness (QED) is 0.726. The first-order valence-electron chi connectivity index (χ1n) is 9.61. The van der Waals surface area contributed by atoms with E-state index in [1.165, 1.54) is 0 Å². The van der Waals surface area contributed by atoms with Crippen molar-refractivity contribution in [2.75, 3.05) is 19.7 Å². The minimum Gasteiger partial charge on any atom is -0.494 e. The normalized spacial score (nSPS) is 17.2. The summed E-state index contributed by atoms with van der Waals surface area (Å²) in [4.78, 5) is 26.9. The second kappa shape index (κ2) is 9.41. The molecule has 3 rings (SSSR count).